The topological polar surface area (TPSA) is 58.2 Å². The molecule has 2 N–H and O–H groups in total. The minimum atomic E-state index is -0.184. The monoisotopic (exact) mass is 390 g/mol. The molecular weight excluding hydrogens is 371 g/mol. The van der Waals surface area contributed by atoms with E-state index in [0.29, 0.717) is 29.3 Å². The number of carbonyl (C=O) groups excluding carboxylic acids is 2. The lowest BCUT2D eigenvalue weighted by molar-refractivity contribution is -0.123. The first kappa shape index (κ1) is 18.7. The van der Waals surface area contributed by atoms with Gasteiger partial charge in [-0.3, -0.25) is 9.59 Å². The van der Waals surface area contributed by atoms with Crippen LogP contribution < -0.4 is 10.6 Å². The van der Waals surface area contributed by atoms with E-state index in [2.05, 4.69) is 10.6 Å². The zero-order chi connectivity index (χ0) is 18.7. The molecule has 26 heavy (non-hydrogen) atoms. The number of anilines is 1. The molecule has 3 rings (SSSR count). The van der Waals surface area contributed by atoms with Gasteiger partial charge in [0.2, 0.25) is 11.8 Å². The Labute approximate surface area is 162 Å². The molecule has 136 valence electrons. The van der Waals surface area contributed by atoms with Crippen LogP contribution in [0.4, 0.5) is 5.69 Å². The first-order chi connectivity index (χ1) is 12.4. The van der Waals surface area contributed by atoms with Crippen LogP contribution in [0.15, 0.2) is 42.5 Å². The van der Waals surface area contributed by atoms with E-state index in [1.54, 1.807) is 12.1 Å². The summed E-state index contributed by atoms with van der Waals surface area (Å²) in [6, 6.07) is 12.9. The standard InChI is InChI=1S/C20H20Cl2N2O2/c1-12(13-6-8-16(21)17(22)11-13)23-19(25)9-7-15-10-14-4-2-3-5-18(14)24-20(15)26/h2-6,8,11-12,15H,7,9-10H2,1H3,(H,23,25)(H,24,26). The predicted molar refractivity (Wildman–Crippen MR) is 105 cm³/mol. The van der Waals surface area contributed by atoms with Crippen LogP contribution in [0, 0.1) is 5.92 Å². The third-order valence-corrected chi connectivity index (χ3v) is 5.39. The molecule has 0 fully saturated rings. The molecule has 1 aliphatic rings. The molecule has 6 heteroatoms. The molecule has 1 heterocycles. The lowest BCUT2D eigenvalue weighted by atomic mass is 9.89. The number of nitrogens with one attached hydrogen (secondary N) is 2. The van der Waals surface area contributed by atoms with Crippen molar-refractivity contribution in [3.05, 3.63) is 63.6 Å². The molecule has 2 unspecified atom stereocenters. The van der Waals surface area contributed by atoms with Crippen molar-refractivity contribution in [3.8, 4) is 0 Å². The largest absolute Gasteiger partial charge is 0.350 e. The van der Waals surface area contributed by atoms with Gasteiger partial charge >= 0.3 is 0 Å². The van der Waals surface area contributed by atoms with Gasteiger partial charge in [0.05, 0.1) is 16.1 Å². The van der Waals surface area contributed by atoms with Crippen LogP contribution in [0.5, 0.6) is 0 Å². The van der Waals surface area contributed by atoms with Crippen LogP contribution in [0.2, 0.25) is 10.0 Å². The molecule has 2 atom stereocenters. The van der Waals surface area contributed by atoms with E-state index in [4.69, 9.17) is 23.2 Å². The van der Waals surface area contributed by atoms with Crippen LogP contribution in [-0.4, -0.2) is 11.8 Å². The van der Waals surface area contributed by atoms with Gasteiger partial charge in [0, 0.05) is 18.0 Å². The maximum atomic E-state index is 12.3. The molecule has 4 nitrogen and oxygen atoms in total. The summed E-state index contributed by atoms with van der Waals surface area (Å²) in [4.78, 5) is 24.5. The van der Waals surface area contributed by atoms with Crippen molar-refractivity contribution in [3.63, 3.8) is 0 Å². The molecule has 1 aliphatic heterocycles. The fraction of sp³-hybridized carbons (Fsp3) is 0.300. The average molecular weight is 391 g/mol. The second-order valence-corrected chi connectivity index (χ2v) is 7.36. The Morgan fingerprint density at radius 1 is 1.23 bits per heavy atom. The molecule has 0 aromatic heterocycles. The zero-order valence-electron chi connectivity index (χ0n) is 14.4. The second kappa shape index (κ2) is 8.11. The van der Waals surface area contributed by atoms with Crippen molar-refractivity contribution in [2.75, 3.05) is 5.32 Å². The number of halogens is 2. The van der Waals surface area contributed by atoms with Gasteiger partial charge < -0.3 is 10.6 Å². The molecule has 2 aromatic carbocycles. The maximum absolute atomic E-state index is 12.3. The van der Waals surface area contributed by atoms with Crippen molar-refractivity contribution >= 4 is 40.7 Å². The van der Waals surface area contributed by atoms with E-state index in [1.165, 1.54) is 0 Å². The fourth-order valence-corrected chi connectivity index (χ4v) is 3.44. The molecule has 0 radical (unpaired) electrons. The number of amides is 2. The molecule has 0 spiro atoms. The highest BCUT2D eigenvalue weighted by molar-refractivity contribution is 6.42. The highest BCUT2D eigenvalue weighted by Crippen LogP contribution is 2.28. The Morgan fingerprint density at radius 2 is 2.00 bits per heavy atom. The molecule has 0 bridgehead atoms. The van der Waals surface area contributed by atoms with Crippen LogP contribution >= 0.6 is 23.2 Å². The summed E-state index contributed by atoms with van der Waals surface area (Å²) in [6.45, 7) is 1.89. The zero-order valence-corrected chi connectivity index (χ0v) is 15.9. The number of carbonyl (C=O) groups is 2. The Hall–Kier alpha value is -2.04. The van der Waals surface area contributed by atoms with Crippen LogP contribution in [-0.2, 0) is 16.0 Å². The Morgan fingerprint density at radius 3 is 2.77 bits per heavy atom. The lowest BCUT2D eigenvalue weighted by Gasteiger charge is -2.24. The third-order valence-electron chi connectivity index (χ3n) is 4.65. The second-order valence-electron chi connectivity index (χ2n) is 6.55. The van der Waals surface area contributed by atoms with Crippen LogP contribution in [0.1, 0.15) is 36.9 Å². The molecular formula is C20H20Cl2N2O2. The molecule has 2 aromatic rings. The van der Waals surface area contributed by atoms with Crippen molar-refractivity contribution in [1.29, 1.82) is 0 Å². The Kier molecular flexibility index (Phi) is 5.84. The Balaban J connectivity index is 1.54. The summed E-state index contributed by atoms with van der Waals surface area (Å²) < 4.78 is 0. The van der Waals surface area contributed by atoms with E-state index in [-0.39, 0.29) is 23.8 Å². The van der Waals surface area contributed by atoms with Crippen LogP contribution in [0.3, 0.4) is 0 Å². The van der Waals surface area contributed by atoms with Crippen molar-refractivity contribution in [2.45, 2.75) is 32.2 Å². The maximum Gasteiger partial charge on any atom is 0.227 e. The first-order valence-corrected chi connectivity index (χ1v) is 9.32. The van der Waals surface area contributed by atoms with Gasteiger partial charge in [-0.05, 0) is 49.1 Å². The summed E-state index contributed by atoms with van der Waals surface area (Å²) in [7, 11) is 0. The molecule has 0 aliphatic carbocycles. The highest BCUT2D eigenvalue weighted by atomic mass is 35.5. The van der Waals surface area contributed by atoms with E-state index in [0.717, 1.165) is 16.8 Å². The van der Waals surface area contributed by atoms with Gasteiger partial charge in [-0.2, -0.15) is 0 Å². The number of rotatable bonds is 5. The minimum Gasteiger partial charge on any atom is -0.350 e. The summed E-state index contributed by atoms with van der Waals surface area (Å²) in [5, 5.41) is 6.80. The highest BCUT2D eigenvalue weighted by Gasteiger charge is 2.26. The van der Waals surface area contributed by atoms with E-state index < -0.39 is 0 Å². The normalized spacial score (nSPS) is 17.2. The van der Waals surface area contributed by atoms with Gasteiger partial charge in [-0.1, -0.05) is 47.5 Å². The quantitative estimate of drug-likeness (QED) is 0.772. The van der Waals surface area contributed by atoms with Crippen LogP contribution in [0.25, 0.3) is 0 Å². The number of fused-ring (bicyclic) bond motifs is 1. The summed E-state index contributed by atoms with van der Waals surface area (Å²) in [5.74, 6) is -0.291. The number of benzene rings is 2. The molecule has 0 saturated heterocycles. The van der Waals surface area contributed by atoms with E-state index >= 15 is 0 Å². The summed E-state index contributed by atoms with van der Waals surface area (Å²) >= 11 is 11.9. The number of hydrogen-bond donors (Lipinski definition) is 2. The number of para-hydroxylation sites is 1. The van der Waals surface area contributed by atoms with Gasteiger partial charge in [-0.15, -0.1) is 0 Å². The smallest absolute Gasteiger partial charge is 0.227 e. The first-order valence-electron chi connectivity index (χ1n) is 8.57. The Bertz CT molecular complexity index is 838. The summed E-state index contributed by atoms with van der Waals surface area (Å²) in [5.41, 5.74) is 2.87. The average Bonchev–Trinajstić information content (AvgIpc) is 2.62. The van der Waals surface area contributed by atoms with Gasteiger partial charge in [0.15, 0.2) is 0 Å². The molecule has 0 saturated carbocycles. The predicted octanol–water partition coefficient (Wildman–Crippen LogP) is 4.76. The van der Waals surface area contributed by atoms with Crippen molar-refractivity contribution in [2.24, 2.45) is 5.92 Å². The van der Waals surface area contributed by atoms with E-state index in [1.807, 2.05) is 37.3 Å². The van der Waals surface area contributed by atoms with Gasteiger partial charge in [0.25, 0.3) is 0 Å². The van der Waals surface area contributed by atoms with Crippen molar-refractivity contribution < 1.29 is 9.59 Å². The molecule has 2 amide bonds. The van der Waals surface area contributed by atoms with Gasteiger partial charge in [0.1, 0.15) is 0 Å². The third kappa shape index (κ3) is 4.37. The lowest BCUT2D eigenvalue weighted by Crippen LogP contribution is -2.32. The number of hydrogen-bond acceptors (Lipinski definition) is 2. The minimum absolute atomic E-state index is 0.0194. The van der Waals surface area contributed by atoms with Gasteiger partial charge in [-0.25, -0.2) is 0 Å². The van der Waals surface area contributed by atoms with E-state index in [9.17, 15) is 9.59 Å². The SMILES string of the molecule is CC(NC(=O)CCC1Cc2ccccc2NC1=O)c1ccc(Cl)c(Cl)c1. The summed E-state index contributed by atoms with van der Waals surface area (Å²) in [6.07, 6.45) is 1.48. The van der Waals surface area contributed by atoms with Crippen molar-refractivity contribution in [1.82, 2.24) is 5.32 Å². The fourth-order valence-electron chi connectivity index (χ4n) is 3.13.